The van der Waals surface area contributed by atoms with Crippen molar-refractivity contribution < 1.29 is 13.8 Å². The van der Waals surface area contributed by atoms with E-state index >= 15 is 0 Å². The van der Waals surface area contributed by atoms with E-state index in [-0.39, 0.29) is 11.7 Å². The predicted molar refractivity (Wildman–Crippen MR) is 94.5 cm³/mol. The Morgan fingerprint density at radius 3 is 2.76 bits per heavy atom. The summed E-state index contributed by atoms with van der Waals surface area (Å²) in [6, 6.07) is 18.8. The van der Waals surface area contributed by atoms with E-state index in [1.807, 2.05) is 36.4 Å². The van der Waals surface area contributed by atoms with Crippen LogP contribution in [0.4, 0.5) is 5.69 Å². The van der Waals surface area contributed by atoms with Gasteiger partial charge in [0, 0.05) is 4.90 Å². The molecule has 2 heterocycles. The number of furan rings is 1. The van der Waals surface area contributed by atoms with Crippen LogP contribution >= 0.6 is 11.8 Å². The van der Waals surface area contributed by atoms with Crippen molar-refractivity contribution in [2.24, 2.45) is 0 Å². The maximum atomic E-state index is 12.4. The van der Waals surface area contributed by atoms with Gasteiger partial charge in [-0.05, 0) is 46.7 Å². The molecule has 25 heavy (non-hydrogen) atoms. The summed E-state index contributed by atoms with van der Waals surface area (Å²) in [7, 11) is 0. The summed E-state index contributed by atoms with van der Waals surface area (Å²) in [6.45, 7) is 0. The third-order valence-electron chi connectivity index (χ3n) is 3.54. The summed E-state index contributed by atoms with van der Waals surface area (Å²) in [6.07, 6.45) is 0. The van der Waals surface area contributed by atoms with Gasteiger partial charge in [0.2, 0.25) is 0 Å². The number of rotatable bonds is 5. The minimum Gasteiger partial charge on any atom is -0.455 e. The third kappa shape index (κ3) is 3.41. The molecule has 0 aliphatic heterocycles. The SMILES string of the molecule is O=C(Nc1cccc2nonc12)c1ccc(CSc2ccccc2)o1. The third-order valence-corrected chi connectivity index (χ3v) is 4.58. The van der Waals surface area contributed by atoms with E-state index in [1.165, 1.54) is 0 Å². The van der Waals surface area contributed by atoms with Gasteiger partial charge in [0.1, 0.15) is 11.3 Å². The lowest BCUT2D eigenvalue weighted by molar-refractivity contribution is 0.0995. The second-order valence-corrected chi connectivity index (χ2v) is 6.31. The smallest absolute Gasteiger partial charge is 0.291 e. The molecule has 6 nitrogen and oxygen atoms in total. The van der Waals surface area contributed by atoms with Gasteiger partial charge in [-0.3, -0.25) is 4.79 Å². The Balaban J connectivity index is 1.44. The van der Waals surface area contributed by atoms with Gasteiger partial charge in [-0.1, -0.05) is 24.3 Å². The predicted octanol–water partition coefficient (Wildman–Crippen LogP) is 4.36. The van der Waals surface area contributed by atoms with E-state index in [4.69, 9.17) is 9.05 Å². The summed E-state index contributed by atoms with van der Waals surface area (Å²) in [4.78, 5) is 13.5. The van der Waals surface area contributed by atoms with Crippen molar-refractivity contribution in [3.63, 3.8) is 0 Å². The molecule has 0 saturated heterocycles. The van der Waals surface area contributed by atoms with Crippen LogP contribution in [0.1, 0.15) is 16.3 Å². The van der Waals surface area contributed by atoms with Gasteiger partial charge in [-0.15, -0.1) is 11.8 Å². The molecule has 4 rings (SSSR count). The Morgan fingerprint density at radius 1 is 1.00 bits per heavy atom. The van der Waals surface area contributed by atoms with Crippen molar-refractivity contribution in [2.75, 3.05) is 5.32 Å². The Hall–Kier alpha value is -3.06. The Labute approximate surface area is 147 Å². The summed E-state index contributed by atoms with van der Waals surface area (Å²) in [5.74, 6) is 1.30. The van der Waals surface area contributed by atoms with Crippen LogP contribution in [0.5, 0.6) is 0 Å². The molecule has 0 atom stereocenters. The number of hydrogen-bond acceptors (Lipinski definition) is 6. The molecule has 0 spiro atoms. The van der Waals surface area contributed by atoms with Crippen LogP contribution in [0.3, 0.4) is 0 Å². The number of nitrogens with zero attached hydrogens (tertiary/aromatic N) is 2. The average Bonchev–Trinajstić information content (AvgIpc) is 3.31. The van der Waals surface area contributed by atoms with Crippen molar-refractivity contribution in [1.82, 2.24) is 10.3 Å². The van der Waals surface area contributed by atoms with Crippen LogP contribution in [0.15, 0.2) is 74.6 Å². The number of thioether (sulfide) groups is 1. The molecule has 1 amide bonds. The van der Waals surface area contributed by atoms with Crippen molar-refractivity contribution in [3.8, 4) is 0 Å². The molecular formula is C18H13N3O3S. The first kappa shape index (κ1) is 15.5. The summed E-state index contributed by atoms with van der Waals surface area (Å²) in [5.41, 5.74) is 1.61. The lowest BCUT2D eigenvalue weighted by Gasteiger charge is -2.03. The molecule has 2 aromatic carbocycles. The fourth-order valence-corrected chi connectivity index (χ4v) is 3.15. The van der Waals surface area contributed by atoms with Gasteiger partial charge in [-0.2, -0.15) is 0 Å². The largest absolute Gasteiger partial charge is 0.455 e. The van der Waals surface area contributed by atoms with E-state index in [0.717, 1.165) is 10.7 Å². The van der Waals surface area contributed by atoms with Gasteiger partial charge >= 0.3 is 0 Å². The Morgan fingerprint density at radius 2 is 1.88 bits per heavy atom. The lowest BCUT2D eigenvalue weighted by Crippen LogP contribution is -2.11. The molecule has 0 saturated carbocycles. The molecule has 1 N–H and O–H groups in total. The fraction of sp³-hybridized carbons (Fsp3) is 0.0556. The number of anilines is 1. The highest BCUT2D eigenvalue weighted by atomic mass is 32.2. The molecule has 0 aliphatic rings. The number of nitrogens with one attached hydrogen (secondary N) is 1. The van der Waals surface area contributed by atoms with Gasteiger partial charge in [-0.25, -0.2) is 4.63 Å². The maximum Gasteiger partial charge on any atom is 0.291 e. The van der Waals surface area contributed by atoms with Crippen LogP contribution in [0.2, 0.25) is 0 Å². The first-order valence-electron chi connectivity index (χ1n) is 7.59. The number of carbonyl (C=O) groups excluding carboxylic acids is 1. The number of amides is 1. The molecule has 0 unspecified atom stereocenters. The van der Waals surface area contributed by atoms with Crippen LogP contribution in [0, 0.1) is 0 Å². The molecule has 124 valence electrons. The number of fused-ring (bicyclic) bond motifs is 1. The molecule has 0 aliphatic carbocycles. The first-order chi connectivity index (χ1) is 12.3. The highest BCUT2D eigenvalue weighted by Gasteiger charge is 2.14. The number of carbonyl (C=O) groups is 1. The van der Waals surface area contributed by atoms with Crippen LogP contribution in [-0.4, -0.2) is 16.2 Å². The van der Waals surface area contributed by atoms with Gasteiger partial charge in [0.25, 0.3) is 5.91 Å². The highest BCUT2D eigenvalue weighted by Crippen LogP contribution is 2.24. The minimum atomic E-state index is -0.341. The van der Waals surface area contributed by atoms with Crippen LogP contribution in [-0.2, 0) is 5.75 Å². The molecule has 2 aromatic heterocycles. The summed E-state index contributed by atoms with van der Waals surface area (Å²) < 4.78 is 10.3. The molecule has 0 radical (unpaired) electrons. The van der Waals surface area contributed by atoms with E-state index < -0.39 is 0 Å². The lowest BCUT2D eigenvalue weighted by atomic mass is 10.2. The van der Waals surface area contributed by atoms with E-state index in [1.54, 1.807) is 36.0 Å². The van der Waals surface area contributed by atoms with Crippen molar-refractivity contribution >= 4 is 34.4 Å². The van der Waals surface area contributed by atoms with Gasteiger partial charge in [0.15, 0.2) is 11.3 Å². The monoisotopic (exact) mass is 351 g/mol. The standard InChI is InChI=1S/C18H13N3O3S/c22-18(19-14-7-4-8-15-17(14)21-24-20-15)16-10-9-12(23-16)11-25-13-5-2-1-3-6-13/h1-10H,11H2,(H,19,22). The number of hydrogen-bond donors (Lipinski definition) is 1. The molecule has 7 heteroatoms. The van der Waals surface area contributed by atoms with Crippen molar-refractivity contribution in [2.45, 2.75) is 10.6 Å². The fourth-order valence-electron chi connectivity index (χ4n) is 2.34. The van der Waals surface area contributed by atoms with E-state index in [0.29, 0.717) is 22.5 Å². The zero-order chi connectivity index (χ0) is 17.1. The molecule has 0 fully saturated rings. The Kier molecular flexibility index (Phi) is 4.22. The molecule has 4 aromatic rings. The van der Waals surface area contributed by atoms with Gasteiger partial charge < -0.3 is 9.73 Å². The van der Waals surface area contributed by atoms with E-state index in [2.05, 4.69) is 15.6 Å². The van der Waals surface area contributed by atoms with Crippen LogP contribution in [0.25, 0.3) is 11.0 Å². The van der Waals surface area contributed by atoms with E-state index in [9.17, 15) is 4.79 Å². The highest BCUT2D eigenvalue weighted by molar-refractivity contribution is 7.98. The topological polar surface area (TPSA) is 81.2 Å². The minimum absolute atomic E-state index is 0.247. The van der Waals surface area contributed by atoms with Crippen LogP contribution < -0.4 is 5.32 Å². The Bertz CT molecular complexity index is 1010. The second-order valence-electron chi connectivity index (χ2n) is 5.26. The number of benzene rings is 2. The normalized spacial score (nSPS) is 10.9. The van der Waals surface area contributed by atoms with Crippen molar-refractivity contribution in [3.05, 3.63) is 72.2 Å². The maximum absolute atomic E-state index is 12.4. The zero-order valence-corrected chi connectivity index (χ0v) is 13.8. The molecular weight excluding hydrogens is 338 g/mol. The summed E-state index contributed by atoms with van der Waals surface area (Å²) >= 11 is 1.65. The second kappa shape index (κ2) is 6.82. The first-order valence-corrected chi connectivity index (χ1v) is 8.57. The van der Waals surface area contributed by atoms with Crippen molar-refractivity contribution in [1.29, 1.82) is 0 Å². The zero-order valence-electron chi connectivity index (χ0n) is 13.0. The quantitative estimate of drug-likeness (QED) is 0.538. The summed E-state index contributed by atoms with van der Waals surface area (Å²) in [5, 5.41) is 10.3. The average molecular weight is 351 g/mol. The number of aromatic nitrogens is 2. The van der Waals surface area contributed by atoms with Gasteiger partial charge in [0.05, 0.1) is 11.4 Å². The molecule has 0 bridgehead atoms.